The molecule has 3 heteroatoms. The first-order chi connectivity index (χ1) is 8.24. The van der Waals surface area contributed by atoms with E-state index in [0.29, 0.717) is 6.04 Å². The Morgan fingerprint density at radius 2 is 2.47 bits per heavy atom. The highest BCUT2D eigenvalue weighted by molar-refractivity contribution is 7.99. The fraction of sp³-hybridized carbons (Fsp3) is 0.429. The lowest BCUT2D eigenvalue weighted by atomic mass is 10.0. The third-order valence-electron chi connectivity index (χ3n) is 3.02. The van der Waals surface area contributed by atoms with Gasteiger partial charge in [0.1, 0.15) is 0 Å². The molecule has 0 spiro atoms. The third kappa shape index (κ3) is 2.98. The van der Waals surface area contributed by atoms with E-state index >= 15 is 0 Å². The molecule has 1 aliphatic heterocycles. The van der Waals surface area contributed by atoms with Crippen molar-refractivity contribution in [2.24, 2.45) is 0 Å². The van der Waals surface area contributed by atoms with Gasteiger partial charge in [0.05, 0.1) is 6.04 Å². The number of hydrogen-bond acceptors (Lipinski definition) is 2. The topological polar surface area (TPSA) is 12.0 Å². The van der Waals surface area contributed by atoms with E-state index < -0.39 is 0 Å². The maximum absolute atomic E-state index is 6.07. The van der Waals surface area contributed by atoms with Gasteiger partial charge in [-0.2, -0.15) is 0 Å². The van der Waals surface area contributed by atoms with Crippen LogP contribution in [0.2, 0.25) is 5.02 Å². The smallest absolute Gasteiger partial charge is 0.0689 e. The number of terminal acetylenes is 1. The van der Waals surface area contributed by atoms with Crippen LogP contribution in [-0.2, 0) is 0 Å². The van der Waals surface area contributed by atoms with Crippen molar-refractivity contribution in [3.63, 3.8) is 0 Å². The van der Waals surface area contributed by atoms with Gasteiger partial charge in [-0.15, -0.1) is 18.2 Å². The predicted molar refractivity (Wildman–Crippen MR) is 75.6 cm³/mol. The highest BCUT2D eigenvalue weighted by Gasteiger charge is 2.22. The predicted octanol–water partition coefficient (Wildman–Crippen LogP) is 3.88. The molecule has 0 bridgehead atoms. The summed E-state index contributed by atoms with van der Waals surface area (Å²) in [5.41, 5.74) is 1.29. The van der Waals surface area contributed by atoms with Crippen molar-refractivity contribution in [1.82, 2.24) is 5.32 Å². The second-order valence-electron chi connectivity index (χ2n) is 4.17. The lowest BCUT2D eigenvalue weighted by Gasteiger charge is -2.28. The second-order valence-corrected chi connectivity index (χ2v) is 5.74. The van der Waals surface area contributed by atoms with Crippen molar-refractivity contribution >= 4 is 23.4 Å². The minimum absolute atomic E-state index is 0.148. The average Bonchev–Trinajstić information content (AvgIpc) is 2.36. The Morgan fingerprint density at radius 1 is 1.65 bits per heavy atom. The largest absolute Gasteiger partial charge is 0.297 e. The molecule has 2 rings (SSSR count). The second kappa shape index (κ2) is 5.82. The fourth-order valence-corrected chi connectivity index (χ4v) is 3.35. The summed E-state index contributed by atoms with van der Waals surface area (Å²) in [7, 11) is 0. The molecule has 0 saturated heterocycles. The summed E-state index contributed by atoms with van der Waals surface area (Å²) in [6.07, 6.45) is 7.57. The van der Waals surface area contributed by atoms with E-state index in [0.717, 1.165) is 23.6 Å². The van der Waals surface area contributed by atoms with Gasteiger partial charge in [0, 0.05) is 16.0 Å². The van der Waals surface area contributed by atoms with Gasteiger partial charge in [0.15, 0.2) is 0 Å². The molecule has 0 aliphatic carbocycles. The van der Waals surface area contributed by atoms with Crippen molar-refractivity contribution in [3.05, 3.63) is 28.8 Å². The van der Waals surface area contributed by atoms with Crippen LogP contribution in [0.4, 0.5) is 0 Å². The molecule has 0 saturated carbocycles. The van der Waals surface area contributed by atoms with E-state index in [2.05, 4.69) is 30.3 Å². The first-order valence-electron chi connectivity index (χ1n) is 5.89. The number of thioether (sulfide) groups is 1. The van der Waals surface area contributed by atoms with E-state index in [-0.39, 0.29) is 6.04 Å². The number of fused-ring (bicyclic) bond motifs is 1. The third-order valence-corrected chi connectivity index (χ3v) is 4.38. The van der Waals surface area contributed by atoms with Crippen molar-refractivity contribution in [3.8, 4) is 12.3 Å². The summed E-state index contributed by atoms with van der Waals surface area (Å²) in [4.78, 5) is 1.32. The number of rotatable bonds is 3. The van der Waals surface area contributed by atoms with Crippen molar-refractivity contribution < 1.29 is 0 Å². The lowest BCUT2D eigenvalue weighted by molar-refractivity contribution is 0.465. The summed E-state index contributed by atoms with van der Waals surface area (Å²) >= 11 is 7.96. The molecule has 0 amide bonds. The number of halogens is 1. The molecule has 0 fully saturated rings. The number of hydrogen-bond donors (Lipinski definition) is 1. The van der Waals surface area contributed by atoms with Crippen LogP contribution >= 0.6 is 23.4 Å². The molecular formula is C14H16ClNS. The average molecular weight is 266 g/mol. The van der Waals surface area contributed by atoms with Gasteiger partial charge in [-0.25, -0.2) is 0 Å². The Morgan fingerprint density at radius 3 is 3.18 bits per heavy atom. The van der Waals surface area contributed by atoms with Crippen LogP contribution in [0.25, 0.3) is 0 Å². The molecule has 2 unspecified atom stereocenters. The van der Waals surface area contributed by atoms with E-state index in [9.17, 15) is 0 Å². The fourth-order valence-electron chi connectivity index (χ4n) is 2.07. The summed E-state index contributed by atoms with van der Waals surface area (Å²) in [6, 6.07) is 6.60. The van der Waals surface area contributed by atoms with Gasteiger partial charge < -0.3 is 0 Å². The summed E-state index contributed by atoms with van der Waals surface area (Å²) in [5.74, 6) is 3.93. The van der Waals surface area contributed by atoms with Crippen LogP contribution in [0.15, 0.2) is 23.1 Å². The monoisotopic (exact) mass is 265 g/mol. The zero-order valence-electron chi connectivity index (χ0n) is 9.87. The Balaban J connectivity index is 2.22. The van der Waals surface area contributed by atoms with Crippen LogP contribution in [0.5, 0.6) is 0 Å². The Kier molecular flexibility index (Phi) is 4.39. The van der Waals surface area contributed by atoms with Crippen LogP contribution in [0.1, 0.15) is 31.4 Å². The van der Waals surface area contributed by atoms with E-state index in [1.54, 1.807) is 0 Å². The Labute approximate surface area is 112 Å². The molecule has 1 aliphatic rings. The molecule has 1 aromatic rings. The van der Waals surface area contributed by atoms with E-state index in [1.807, 2.05) is 17.8 Å². The molecule has 1 nitrogen and oxygen atoms in total. The maximum atomic E-state index is 6.07. The number of nitrogens with one attached hydrogen (secondary N) is 1. The normalized spacial score (nSPS) is 20.4. The van der Waals surface area contributed by atoms with Gasteiger partial charge in [0.2, 0.25) is 0 Å². The van der Waals surface area contributed by atoms with Crippen LogP contribution < -0.4 is 5.32 Å². The molecule has 0 radical (unpaired) electrons. The van der Waals surface area contributed by atoms with Gasteiger partial charge in [-0.05, 0) is 42.4 Å². The zero-order chi connectivity index (χ0) is 12.3. The van der Waals surface area contributed by atoms with E-state index in [1.165, 1.54) is 10.5 Å². The van der Waals surface area contributed by atoms with Crippen LogP contribution in [0, 0.1) is 12.3 Å². The summed E-state index contributed by atoms with van der Waals surface area (Å²) in [6.45, 7) is 2.11. The summed E-state index contributed by atoms with van der Waals surface area (Å²) < 4.78 is 0. The first kappa shape index (κ1) is 12.8. The Bertz CT molecular complexity index is 438. The van der Waals surface area contributed by atoms with Gasteiger partial charge in [-0.3, -0.25) is 5.32 Å². The molecule has 1 aromatic carbocycles. The molecular weight excluding hydrogens is 250 g/mol. The molecule has 17 heavy (non-hydrogen) atoms. The molecule has 1 N–H and O–H groups in total. The molecule has 1 heterocycles. The highest BCUT2D eigenvalue weighted by Crippen LogP contribution is 2.37. The van der Waals surface area contributed by atoms with Crippen LogP contribution in [-0.4, -0.2) is 11.8 Å². The lowest BCUT2D eigenvalue weighted by Crippen LogP contribution is -2.33. The van der Waals surface area contributed by atoms with Crippen molar-refractivity contribution in [2.75, 3.05) is 5.75 Å². The van der Waals surface area contributed by atoms with Gasteiger partial charge >= 0.3 is 0 Å². The van der Waals surface area contributed by atoms with Gasteiger partial charge in [-0.1, -0.05) is 24.4 Å². The minimum Gasteiger partial charge on any atom is -0.297 e. The number of benzene rings is 1. The SMILES string of the molecule is C#CC(CC)NC1CCSc2ccc(Cl)cc21. The standard InChI is InChI=1S/C14H16ClNS/c1-3-11(4-2)16-13-7-8-17-14-6-5-10(15)9-12(13)14/h1,5-6,9,11,13,16H,4,7-8H2,2H3. The molecule has 0 aromatic heterocycles. The maximum Gasteiger partial charge on any atom is 0.0689 e. The van der Waals surface area contributed by atoms with Crippen LogP contribution in [0.3, 0.4) is 0 Å². The highest BCUT2D eigenvalue weighted by atomic mass is 35.5. The van der Waals surface area contributed by atoms with Gasteiger partial charge in [0.25, 0.3) is 0 Å². The Hall–Kier alpha value is -0.620. The summed E-state index contributed by atoms with van der Waals surface area (Å²) in [5, 5.41) is 4.33. The van der Waals surface area contributed by atoms with Crippen molar-refractivity contribution in [1.29, 1.82) is 0 Å². The quantitative estimate of drug-likeness (QED) is 0.833. The first-order valence-corrected chi connectivity index (χ1v) is 7.25. The molecule has 2 atom stereocenters. The minimum atomic E-state index is 0.148. The van der Waals surface area contributed by atoms with Crippen molar-refractivity contribution in [2.45, 2.75) is 36.7 Å². The van der Waals surface area contributed by atoms with E-state index in [4.69, 9.17) is 18.0 Å². The molecule has 90 valence electrons. The zero-order valence-corrected chi connectivity index (χ0v) is 11.4.